The molecule has 2 N–H and O–H groups in total. The zero-order valence-electron chi connectivity index (χ0n) is 17.1. The molecule has 0 saturated heterocycles. The predicted octanol–water partition coefficient (Wildman–Crippen LogP) is 2.53. The van der Waals surface area contributed by atoms with Crippen LogP contribution in [0.1, 0.15) is 21.1 Å². The monoisotopic (exact) mass is 430 g/mol. The van der Waals surface area contributed by atoms with Crippen molar-refractivity contribution in [3.05, 3.63) is 40.5 Å². The Labute approximate surface area is 177 Å². The quantitative estimate of drug-likeness (QED) is 0.565. The number of fused-ring (bicyclic) bond motifs is 1. The molecule has 9 nitrogen and oxygen atoms in total. The molecular formula is C20H22N4O5S. The van der Waals surface area contributed by atoms with E-state index in [4.69, 9.17) is 14.2 Å². The van der Waals surface area contributed by atoms with Gasteiger partial charge in [0.2, 0.25) is 5.88 Å². The number of anilines is 1. The third kappa shape index (κ3) is 4.66. The van der Waals surface area contributed by atoms with Crippen molar-refractivity contribution >= 4 is 39.1 Å². The van der Waals surface area contributed by atoms with Crippen LogP contribution in [-0.2, 0) is 16.1 Å². The maximum absolute atomic E-state index is 12.9. The summed E-state index contributed by atoms with van der Waals surface area (Å²) in [5.74, 6) is 0.837. The molecule has 30 heavy (non-hydrogen) atoms. The summed E-state index contributed by atoms with van der Waals surface area (Å²) in [4.78, 5) is 34.2. The van der Waals surface area contributed by atoms with Crippen LogP contribution in [0.15, 0.2) is 24.3 Å². The Kier molecular flexibility index (Phi) is 6.80. The van der Waals surface area contributed by atoms with Gasteiger partial charge < -0.3 is 24.8 Å². The fourth-order valence-corrected chi connectivity index (χ4v) is 3.86. The first kappa shape index (κ1) is 21.5. The first-order valence-corrected chi connectivity index (χ1v) is 9.86. The molecule has 0 unspecified atom stereocenters. The second kappa shape index (κ2) is 9.51. The number of likely N-dealkylation sites (N-methyl/N-ethyl adjacent to an activating group) is 1. The van der Waals surface area contributed by atoms with Crippen LogP contribution in [0, 0.1) is 6.92 Å². The van der Waals surface area contributed by atoms with Crippen LogP contribution < -0.4 is 20.1 Å². The highest BCUT2D eigenvalue weighted by atomic mass is 32.1. The molecular weight excluding hydrogens is 408 g/mol. The van der Waals surface area contributed by atoms with Gasteiger partial charge in [-0.05, 0) is 24.6 Å². The number of rotatable bonds is 8. The molecule has 2 heterocycles. The second-order valence-corrected chi connectivity index (χ2v) is 7.26. The highest BCUT2D eigenvalue weighted by Crippen LogP contribution is 2.35. The number of carbonyl (C=O) groups is 2. The minimum Gasteiger partial charge on any atom is -0.484 e. The standard InChI is InChI=1S/C20H22N4O5S/c1-11-16-19(28-4)23-14(9-27-3)24-20(16)30-17(11)18(26)22-12-6-5-7-13(8-12)29-10-15(25)21-2/h5-8H,9-10H2,1-4H3,(H,21,25)(H,22,26). The summed E-state index contributed by atoms with van der Waals surface area (Å²) in [7, 11) is 4.62. The minimum atomic E-state index is -0.283. The van der Waals surface area contributed by atoms with Gasteiger partial charge in [-0.3, -0.25) is 9.59 Å². The number of amides is 2. The van der Waals surface area contributed by atoms with Crippen molar-refractivity contribution in [2.45, 2.75) is 13.5 Å². The molecule has 2 aromatic heterocycles. The van der Waals surface area contributed by atoms with E-state index in [1.807, 2.05) is 6.92 Å². The first-order chi connectivity index (χ1) is 14.5. The zero-order valence-corrected chi connectivity index (χ0v) is 17.9. The summed E-state index contributed by atoms with van der Waals surface area (Å²) in [5, 5.41) is 6.04. The SMILES string of the molecule is CNC(=O)COc1cccc(NC(=O)c2sc3nc(COC)nc(OC)c3c2C)c1. The van der Waals surface area contributed by atoms with Crippen molar-refractivity contribution in [2.24, 2.45) is 0 Å². The topological polar surface area (TPSA) is 112 Å². The van der Waals surface area contributed by atoms with Gasteiger partial charge in [0.25, 0.3) is 11.8 Å². The fraction of sp³-hybridized carbons (Fsp3) is 0.300. The van der Waals surface area contributed by atoms with E-state index in [0.29, 0.717) is 38.2 Å². The molecule has 0 aliphatic rings. The van der Waals surface area contributed by atoms with Crippen molar-refractivity contribution in [1.29, 1.82) is 0 Å². The molecule has 0 saturated carbocycles. The lowest BCUT2D eigenvalue weighted by molar-refractivity contribution is -0.122. The van der Waals surface area contributed by atoms with E-state index >= 15 is 0 Å². The molecule has 0 fully saturated rings. The number of hydrogen-bond acceptors (Lipinski definition) is 8. The normalized spacial score (nSPS) is 10.7. The zero-order chi connectivity index (χ0) is 21.7. The molecule has 0 spiro atoms. The molecule has 2 amide bonds. The van der Waals surface area contributed by atoms with Crippen LogP contribution in [0.4, 0.5) is 5.69 Å². The summed E-state index contributed by atoms with van der Waals surface area (Å²) >= 11 is 1.26. The Hall–Kier alpha value is -3.24. The number of nitrogens with zero attached hydrogens (tertiary/aromatic N) is 2. The maximum atomic E-state index is 12.9. The van der Waals surface area contributed by atoms with E-state index in [9.17, 15) is 9.59 Å². The molecule has 3 aromatic rings. The van der Waals surface area contributed by atoms with Gasteiger partial charge in [-0.1, -0.05) is 6.07 Å². The first-order valence-electron chi connectivity index (χ1n) is 9.04. The van der Waals surface area contributed by atoms with Crippen molar-refractivity contribution in [3.8, 4) is 11.6 Å². The summed E-state index contributed by atoms with van der Waals surface area (Å²) in [6, 6.07) is 6.84. The lowest BCUT2D eigenvalue weighted by atomic mass is 10.2. The molecule has 0 aliphatic carbocycles. The average Bonchev–Trinajstić information content (AvgIpc) is 3.08. The van der Waals surface area contributed by atoms with Crippen LogP contribution in [0.25, 0.3) is 10.2 Å². The molecule has 1 aromatic carbocycles. The number of aryl methyl sites for hydroxylation is 1. The summed E-state index contributed by atoms with van der Waals surface area (Å²) in [5.41, 5.74) is 1.28. The van der Waals surface area contributed by atoms with E-state index < -0.39 is 0 Å². The number of ether oxygens (including phenoxy) is 3. The Bertz CT molecular complexity index is 1080. The number of carbonyl (C=O) groups excluding carboxylic acids is 2. The van der Waals surface area contributed by atoms with Crippen molar-refractivity contribution in [2.75, 3.05) is 33.2 Å². The smallest absolute Gasteiger partial charge is 0.266 e. The molecule has 0 radical (unpaired) electrons. The third-order valence-electron chi connectivity index (χ3n) is 4.22. The largest absolute Gasteiger partial charge is 0.484 e. The number of hydrogen-bond donors (Lipinski definition) is 2. The summed E-state index contributed by atoms with van der Waals surface area (Å²) in [6.45, 7) is 1.97. The van der Waals surface area contributed by atoms with Crippen LogP contribution >= 0.6 is 11.3 Å². The summed E-state index contributed by atoms with van der Waals surface area (Å²) < 4.78 is 15.9. The lowest BCUT2D eigenvalue weighted by Crippen LogP contribution is -2.24. The van der Waals surface area contributed by atoms with Crippen molar-refractivity contribution < 1.29 is 23.8 Å². The van der Waals surface area contributed by atoms with Crippen LogP contribution in [0.2, 0.25) is 0 Å². The van der Waals surface area contributed by atoms with Crippen LogP contribution in [0.3, 0.4) is 0 Å². The van der Waals surface area contributed by atoms with Gasteiger partial charge in [-0.2, -0.15) is 4.98 Å². The fourth-order valence-electron chi connectivity index (χ4n) is 2.77. The van der Waals surface area contributed by atoms with Gasteiger partial charge in [0.1, 0.15) is 17.2 Å². The molecule has 0 atom stereocenters. The second-order valence-electron chi connectivity index (χ2n) is 6.26. The number of nitrogens with one attached hydrogen (secondary N) is 2. The predicted molar refractivity (Wildman–Crippen MR) is 113 cm³/mol. The molecule has 10 heteroatoms. The molecule has 158 valence electrons. The van der Waals surface area contributed by atoms with E-state index in [-0.39, 0.29) is 25.0 Å². The molecule has 0 aliphatic heterocycles. The summed E-state index contributed by atoms with van der Waals surface area (Å²) in [6.07, 6.45) is 0. The Morgan fingerprint density at radius 1 is 1.20 bits per heavy atom. The van der Waals surface area contributed by atoms with E-state index in [1.54, 1.807) is 31.4 Å². The lowest BCUT2D eigenvalue weighted by Gasteiger charge is -2.08. The van der Waals surface area contributed by atoms with E-state index in [0.717, 1.165) is 5.56 Å². The van der Waals surface area contributed by atoms with Gasteiger partial charge in [-0.25, -0.2) is 4.98 Å². The highest BCUT2D eigenvalue weighted by Gasteiger charge is 2.21. The van der Waals surface area contributed by atoms with Gasteiger partial charge in [0.15, 0.2) is 12.4 Å². The molecule has 3 rings (SSSR count). The van der Waals surface area contributed by atoms with Gasteiger partial charge in [0.05, 0.1) is 17.4 Å². The van der Waals surface area contributed by atoms with Gasteiger partial charge in [0, 0.05) is 25.9 Å². The van der Waals surface area contributed by atoms with E-state index in [2.05, 4.69) is 20.6 Å². The Morgan fingerprint density at radius 2 is 2.00 bits per heavy atom. The average molecular weight is 430 g/mol. The number of thiophene rings is 1. The number of benzene rings is 1. The highest BCUT2D eigenvalue weighted by molar-refractivity contribution is 7.20. The Morgan fingerprint density at radius 3 is 2.70 bits per heavy atom. The molecule has 0 bridgehead atoms. The van der Waals surface area contributed by atoms with Crippen LogP contribution in [-0.4, -0.2) is 49.7 Å². The number of methoxy groups -OCH3 is 2. The van der Waals surface area contributed by atoms with E-state index in [1.165, 1.54) is 25.5 Å². The van der Waals surface area contributed by atoms with Crippen molar-refractivity contribution in [1.82, 2.24) is 15.3 Å². The van der Waals surface area contributed by atoms with Crippen molar-refractivity contribution in [3.63, 3.8) is 0 Å². The van der Waals surface area contributed by atoms with Gasteiger partial charge >= 0.3 is 0 Å². The van der Waals surface area contributed by atoms with Gasteiger partial charge in [-0.15, -0.1) is 11.3 Å². The van der Waals surface area contributed by atoms with Crippen LogP contribution in [0.5, 0.6) is 11.6 Å². The maximum Gasteiger partial charge on any atom is 0.266 e. The Balaban J connectivity index is 1.85. The number of aromatic nitrogens is 2. The third-order valence-corrected chi connectivity index (χ3v) is 5.40. The minimum absolute atomic E-state index is 0.106.